The summed E-state index contributed by atoms with van der Waals surface area (Å²) in [6, 6.07) is 10.5. The van der Waals surface area contributed by atoms with Crippen LogP contribution in [0.2, 0.25) is 0 Å². The van der Waals surface area contributed by atoms with E-state index in [1.165, 1.54) is 12.1 Å². The Labute approximate surface area is 186 Å². The fourth-order valence-electron chi connectivity index (χ4n) is 3.99. The number of carbonyl (C=O) groups is 2. The van der Waals surface area contributed by atoms with E-state index in [1.54, 1.807) is 40.7 Å². The molecular weight excluding hydrogens is 423 g/mol. The molecule has 2 aromatic carbocycles. The minimum atomic E-state index is -0.661. The van der Waals surface area contributed by atoms with E-state index in [0.29, 0.717) is 42.9 Å². The van der Waals surface area contributed by atoms with Crippen molar-refractivity contribution in [1.29, 1.82) is 0 Å². The second-order valence-electron chi connectivity index (χ2n) is 7.46. The molecule has 2 aliphatic heterocycles. The van der Waals surface area contributed by atoms with Crippen LogP contribution >= 0.6 is 13.5 Å². The zero-order chi connectivity index (χ0) is 21.1. The van der Waals surface area contributed by atoms with Gasteiger partial charge in [0.2, 0.25) is 5.91 Å². The lowest BCUT2D eigenvalue weighted by atomic mass is 9.96. The summed E-state index contributed by atoms with van der Waals surface area (Å²) in [4.78, 5) is 26.9. The number of benzene rings is 2. The number of fused-ring (bicyclic) bond motifs is 1. The van der Waals surface area contributed by atoms with Gasteiger partial charge in [-0.15, -0.1) is 0 Å². The van der Waals surface area contributed by atoms with Gasteiger partial charge in [0.25, 0.3) is 5.91 Å². The number of hydrogen-bond donors (Lipinski definition) is 2. The quantitative estimate of drug-likeness (QED) is 0.557. The molecule has 1 saturated heterocycles. The molecule has 1 fully saturated rings. The summed E-state index contributed by atoms with van der Waals surface area (Å²) in [7, 11) is 0. The van der Waals surface area contributed by atoms with Crippen LogP contribution in [-0.2, 0) is 16.1 Å². The van der Waals surface area contributed by atoms with Crippen LogP contribution in [-0.4, -0.2) is 41.7 Å². The van der Waals surface area contributed by atoms with E-state index in [-0.39, 0.29) is 44.0 Å². The molecule has 1 atom stereocenters. The van der Waals surface area contributed by atoms with Crippen LogP contribution in [0.15, 0.2) is 42.5 Å². The minimum absolute atomic E-state index is 0. The van der Waals surface area contributed by atoms with Gasteiger partial charge >= 0.3 is 0 Å². The van der Waals surface area contributed by atoms with E-state index >= 15 is 0 Å². The van der Waals surface area contributed by atoms with E-state index in [9.17, 15) is 14.0 Å². The van der Waals surface area contributed by atoms with Crippen molar-refractivity contribution in [3.63, 3.8) is 0 Å². The smallest absolute Gasteiger partial charge is 0.274 e. The van der Waals surface area contributed by atoms with E-state index in [2.05, 4.69) is 0 Å². The van der Waals surface area contributed by atoms with Gasteiger partial charge in [0, 0.05) is 35.8 Å². The molecule has 0 aromatic heterocycles. The molecule has 0 radical (unpaired) electrons. The molecule has 2 amide bonds. The molecule has 0 aliphatic carbocycles. The van der Waals surface area contributed by atoms with Crippen molar-refractivity contribution < 1.29 is 28.7 Å². The van der Waals surface area contributed by atoms with Crippen molar-refractivity contribution in [3.05, 3.63) is 65.0 Å². The highest BCUT2D eigenvalue weighted by Gasteiger charge is 2.35. The van der Waals surface area contributed by atoms with Crippen molar-refractivity contribution in [1.82, 2.24) is 10.4 Å². The third-order valence-corrected chi connectivity index (χ3v) is 5.66. The van der Waals surface area contributed by atoms with Crippen molar-refractivity contribution in [2.24, 2.45) is 5.92 Å². The summed E-state index contributed by atoms with van der Waals surface area (Å²) in [5.41, 5.74) is 2.92. The molecule has 2 aliphatic rings. The van der Waals surface area contributed by atoms with E-state index in [1.807, 2.05) is 0 Å². The molecule has 0 spiro atoms. The maximum Gasteiger partial charge on any atom is 0.274 e. The first-order chi connectivity index (χ1) is 14.6. The zero-order valence-electron chi connectivity index (χ0n) is 16.8. The van der Waals surface area contributed by atoms with Crippen LogP contribution in [0.5, 0.6) is 5.75 Å². The molecule has 0 bridgehead atoms. The molecule has 0 saturated carbocycles. The molecule has 31 heavy (non-hydrogen) atoms. The summed E-state index contributed by atoms with van der Waals surface area (Å²) >= 11 is 0. The predicted octanol–water partition coefficient (Wildman–Crippen LogP) is 2.95. The number of hydroxylamine groups is 1. The second-order valence-corrected chi connectivity index (χ2v) is 7.46. The van der Waals surface area contributed by atoms with E-state index < -0.39 is 17.8 Å². The van der Waals surface area contributed by atoms with E-state index in [4.69, 9.17) is 14.7 Å². The molecule has 166 valence electrons. The topological polar surface area (TPSA) is 88.1 Å². The molecule has 0 unspecified atom stereocenters. The summed E-state index contributed by atoms with van der Waals surface area (Å²) in [5, 5.41) is 8.88. The van der Waals surface area contributed by atoms with Crippen molar-refractivity contribution in [2.75, 3.05) is 19.8 Å². The minimum Gasteiger partial charge on any atom is -0.491 e. The number of ether oxygens (including phenoxy) is 2. The maximum absolute atomic E-state index is 14.6. The number of halogens is 1. The molecule has 4 rings (SSSR count). The summed E-state index contributed by atoms with van der Waals surface area (Å²) in [6.45, 7) is 1.33. The Morgan fingerprint density at radius 3 is 2.58 bits per heavy atom. The van der Waals surface area contributed by atoms with Crippen molar-refractivity contribution in [3.8, 4) is 5.75 Å². The van der Waals surface area contributed by atoms with Crippen LogP contribution < -0.4 is 10.2 Å². The molecule has 2 heterocycles. The first-order valence-corrected chi connectivity index (χ1v) is 9.91. The highest BCUT2D eigenvalue weighted by atomic mass is 32.1. The van der Waals surface area contributed by atoms with Gasteiger partial charge in [-0.05, 0) is 31.0 Å². The van der Waals surface area contributed by atoms with Crippen LogP contribution in [0.4, 0.5) is 4.39 Å². The van der Waals surface area contributed by atoms with Gasteiger partial charge in [0.1, 0.15) is 18.2 Å². The second kappa shape index (κ2) is 10.1. The third kappa shape index (κ3) is 4.84. The fraction of sp³-hybridized carbons (Fsp3) is 0.364. The van der Waals surface area contributed by atoms with Crippen molar-refractivity contribution in [2.45, 2.75) is 25.4 Å². The van der Waals surface area contributed by atoms with Gasteiger partial charge in [0.05, 0.1) is 12.6 Å². The van der Waals surface area contributed by atoms with Crippen molar-refractivity contribution >= 4 is 25.3 Å². The lowest BCUT2D eigenvalue weighted by Gasteiger charge is -2.34. The molecule has 2 N–H and O–H groups in total. The zero-order valence-corrected chi connectivity index (χ0v) is 17.8. The summed E-state index contributed by atoms with van der Waals surface area (Å²) in [6.07, 6.45) is 1.26. The van der Waals surface area contributed by atoms with Gasteiger partial charge in [-0.3, -0.25) is 14.8 Å². The van der Waals surface area contributed by atoms with Gasteiger partial charge in [0.15, 0.2) is 0 Å². The lowest BCUT2D eigenvalue weighted by molar-refractivity contribution is -0.142. The Morgan fingerprint density at radius 1 is 1.13 bits per heavy atom. The fourth-order valence-corrected chi connectivity index (χ4v) is 3.99. The molecule has 7 nitrogen and oxygen atoms in total. The van der Waals surface area contributed by atoms with Gasteiger partial charge in [-0.25, -0.2) is 9.87 Å². The Balaban J connectivity index is 0.00000272. The SMILES string of the molecule is O=C(NO)c1ccc2c(c1)OC[C@H](c1ccccc1F)N(C(=O)C1CCOCC1)C2.S. The van der Waals surface area contributed by atoms with Gasteiger partial charge in [-0.2, -0.15) is 13.5 Å². The summed E-state index contributed by atoms with van der Waals surface area (Å²) < 4.78 is 25.9. The number of amides is 2. The standard InChI is InChI=1S/C22H23FN2O5.H2S/c23-18-4-2-1-3-17(18)19-13-30-20-11-15(21(26)24-28)5-6-16(20)12-25(19)22(27)14-7-9-29-10-8-14;/h1-6,11,14,19,28H,7-10,12-13H2,(H,24,26);1H2/t19-;/m1./s1. The Bertz CT molecular complexity index is 951. The number of hydrogen-bond acceptors (Lipinski definition) is 5. The van der Waals surface area contributed by atoms with E-state index in [0.717, 1.165) is 0 Å². The Hall–Kier alpha value is -2.62. The first-order valence-electron chi connectivity index (χ1n) is 9.91. The van der Waals surface area contributed by atoms with Crippen LogP contribution in [0.25, 0.3) is 0 Å². The largest absolute Gasteiger partial charge is 0.491 e. The van der Waals surface area contributed by atoms with Gasteiger partial charge in [-0.1, -0.05) is 24.3 Å². The van der Waals surface area contributed by atoms with Crippen LogP contribution in [0.3, 0.4) is 0 Å². The lowest BCUT2D eigenvalue weighted by Crippen LogP contribution is -2.41. The normalized spacial score (nSPS) is 18.8. The van der Waals surface area contributed by atoms with Gasteiger partial charge < -0.3 is 14.4 Å². The average molecular weight is 449 g/mol. The Morgan fingerprint density at radius 2 is 1.87 bits per heavy atom. The number of rotatable bonds is 3. The van der Waals surface area contributed by atoms with Crippen LogP contribution in [0, 0.1) is 11.7 Å². The monoisotopic (exact) mass is 448 g/mol. The van der Waals surface area contributed by atoms with Crippen LogP contribution in [0.1, 0.15) is 40.4 Å². The molecule has 9 heteroatoms. The number of carbonyl (C=O) groups excluding carboxylic acids is 2. The Kier molecular flexibility index (Phi) is 7.53. The highest BCUT2D eigenvalue weighted by molar-refractivity contribution is 7.59. The first kappa shape index (κ1) is 23.1. The number of nitrogens with one attached hydrogen (secondary N) is 1. The summed E-state index contributed by atoms with van der Waals surface area (Å²) in [5.74, 6) is -0.873. The molecule has 2 aromatic rings. The molecular formula is C22H25FN2O5S. The average Bonchev–Trinajstić information content (AvgIpc) is 2.98. The predicted molar refractivity (Wildman–Crippen MR) is 115 cm³/mol. The maximum atomic E-state index is 14.6. The highest BCUT2D eigenvalue weighted by Crippen LogP contribution is 2.35. The number of nitrogens with zero attached hydrogens (tertiary/aromatic N) is 1. The third-order valence-electron chi connectivity index (χ3n) is 5.66.